The van der Waals surface area contributed by atoms with E-state index in [1.54, 1.807) is 19.2 Å². The molecule has 3 N–H and O–H groups in total. The Labute approximate surface area is 196 Å². The number of ether oxygens (including phenoxy) is 2. The molecule has 1 saturated heterocycles. The number of nitrogens with zero attached hydrogens (tertiary/aromatic N) is 1. The van der Waals surface area contributed by atoms with Crippen LogP contribution in [0.5, 0.6) is 0 Å². The van der Waals surface area contributed by atoms with E-state index in [9.17, 15) is 19.8 Å². The van der Waals surface area contributed by atoms with E-state index >= 15 is 0 Å². The Morgan fingerprint density at radius 2 is 1.76 bits per heavy atom. The lowest BCUT2D eigenvalue weighted by atomic mass is 9.79. The second-order valence-electron chi connectivity index (χ2n) is 9.67. The normalized spacial score (nSPS) is 24.7. The molecule has 1 aliphatic heterocycles. The van der Waals surface area contributed by atoms with Gasteiger partial charge in [0.2, 0.25) is 0 Å². The molecule has 2 fully saturated rings. The van der Waals surface area contributed by atoms with Gasteiger partial charge in [0.1, 0.15) is 0 Å². The predicted molar refractivity (Wildman–Crippen MR) is 126 cm³/mol. The number of aryl methyl sites for hydroxylation is 1. The van der Waals surface area contributed by atoms with Gasteiger partial charge in [-0.05, 0) is 64.0 Å². The van der Waals surface area contributed by atoms with Crippen molar-refractivity contribution in [3.63, 3.8) is 0 Å². The molecule has 1 aromatic rings. The lowest BCUT2D eigenvalue weighted by Crippen LogP contribution is -2.54. The molecular formula is C25H38N2O6. The minimum absolute atomic E-state index is 0.179. The zero-order valence-electron chi connectivity index (χ0n) is 20.0. The monoisotopic (exact) mass is 462 g/mol. The molecule has 1 aromatic carbocycles. The maximum atomic E-state index is 11.6. The fourth-order valence-electron chi connectivity index (χ4n) is 5.20. The van der Waals surface area contributed by atoms with Crippen LogP contribution in [0.4, 0.5) is 5.69 Å². The highest BCUT2D eigenvalue weighted by molar-refractivity contribution is 6.00. The number of anilines is 1. The van der Waals surface area contributed by atoms with Crippen LogP contribution in [0.3, 0.4) is 0 Å². The average molecular weight is 463 g/mol. The van der Waals surface area contributed by atoms with Gasteiger partial charge in [-0.2, -0.15) is 0 Å². The van der Waals surface area contributed by atoms with Crippen molar-refractivity contribution in [1.29, 1.82) is 0 Å². The number of carboxylic acid groups (broad SMARTS) is 2. The standard InChI is InChI=1S/C25H38N2O6/c1-17-4-5-20(22(23(28)29)24(30)31)21(16-17)26-18-8-12-27(13-9-18)25(2)10-6-19(7-11-25)33-15-14-32-3/h4-5,16,18-19,22,26H,6-15H2,1-3H3,(H,28,29)(H,30,31). The molecule has 0 unspecified atom stereocenters. The van der Waals surface area contributed by atoms with Gasteiger partial charge >= 0.3 is 11.9 Å². The molecule has 0 radical (unpaired) electrons. The van der Waals surface area contributed by atoms with Gasteiger partial charge in [0.05, 0.1) is 19.3 Å². The molecule has 33 heavy (non-hydrogen) atoms. The second kappa shape index (κ2) is 11.3. The summed E-state index contributed by atoms with van der Waals surface area (Å²) in [4.78, 5) is 25.8. The first kappa shape index (κ1) is 25.5. The fraction of sp³-hybridized carbons (Fsp3) is 0.680. The van der Waals surface area contributed by atoms with E-state index in [2.05, 4.69) is 17.1 Å². The maximum Gasteiger partial charge on any atom is 0.322 e. The van der Waals surface area contributed by atoms with Crippen LogP contribution in [0.15, 0.2) is 18.2 Å². The number of carboxylic acids is 2. The quantitative estimate of drug-likeness (QED) is 0.358. The van der Waals surface area contributed by atoms with Crippen molar-refractivity contribution < 1.29 is 29.3 Å². The van der Waals surface area contributed by atoms with Gasteiger partial charge in [-0.3, -0.25) is 14.5 Å². The van der Waals surface area contributed by atoms with Crippen LogP contribution >= 0.6 is 0 Å². The molecule has 3 rings (SSSR count). The summed E-state index contributed by atoms with van der Waals surface area (Å²) < 4.78 is 11.0. The lowest BCUT2D eigenvalue weighted by molar-refractivity contribution is -0.150. The first-order valence-electron chi connectivity index (χ1n) is 11.9. The Morgan fingerprint density at radius 1 is 1.12 bits per heavy atom. The minimum Gasteiger partial charge on any atom is -0.480 e. The molecule has 1 saturated carbocycles. The first-order chi connectivity index (χ1) is 15.7. The number of nitrogens with one attached hydrogen (secondary N) is 1. The van der Waals surface area contributed by atoms with Crippen molar-refractivity contribution in [2.75, 3.05) is 38.7 Å². The third-order valence-corrected chi connectivity index (χ3v) is 7.28. The van der Waals surface area contributed by atoms with Crippen LogP contribution in [0.1, 0.15) is 62.5 Å². The highest BCUT2D eigenvalue weighted by atomic mass is 16.5. The van der Waals surface area contributed by atoms with Gasteiger partial charge in [-0.15, -0.1) is 0 Å². The summed E-state index contributed by atoms with van der Waals surface area (Å²) in [5.41, 5.74) is 2.06. The summed E-state index contributed by atoms with van der Waals surface area (Å²) in [5.74, 6) is -4.27. The molecule has 184 valence electrons. The largest absolute Gasteiger partial charge is 0.480 e. The van der Waals surface area contributed by atoms with Crippen molar-refractivity contribution >= 4 is 17.6 Å². The Balaban J connectivity index is 1.57. The van der Waals surface area contributed by atoms with Crippen LogP contribution in [-0.2, 0) is 19.1 Å². The van der Waals surface area contributed by atoms with Crippen LogP contribution in [0, 0.1) is 6.92 Å². The highest BCUT2D eigenvalue weighted by Gasteiger charge is 2.38. The van der Waals surface area contributed by atoms with Gasteiger partial charge in [0.25, 0.3) is 0 Å². The molecule has 0 amide bonds. The highest BCUT2D eigenvalue weighted by Crippen LogP contribution is 2.37. The summed E-state index contributed by atoms with van der Waals surface area (Å²) >= 11 is 0. The summed E-state index contributed by atoms with van der Waals surface area (Å²) in [7, 11) is 1.69. The fourth-order valence-corrected chi connectivity index (χ4v) is 5.20. The molecule has 8 heteroatoms. The Hall–Kier alpha value is -2.16. The van der Waals surface area contributed by atoms with Gasteiger partial charge < -0.3 is 25.0 Å². The van der Waals surface area contributed by atoms with Gasteiger partial charge in [-0.1, -0.05) is 12.1 Å². The smallest absolute Gasteiger partial charge is 0.322 e. The van der Waals surface area contributed by atoms with E-state index in [1.807, 2.05) is 13.0 Å². The Bertz CT molecular complexity index is 799. The number of methoxy groups -OCH3 is 1. The number of carbonyl (C=O) groups is 2. The van der Waals surface area contributed by atoms with Crippen LogP contribution in [0.2, 0.25) is 0 Å². The van der Waals surface area contributed by atoms with E-state index in [0.717, 1.165) is 57.2 Å². The van der Waals surface area contributed by atoms with Crippen molar-refractivity contribution in [3.05, 3.63) is 29.3 Å². The predicted octanol–water partition coefficient (Wildman–Crippen LogP) is 3.49. The zero-order chi connectivity index (χ0) is 24.0. The van der Waals surface area contributed by atoms with Gasteiger partial charge in [0, 0.05) is 43.0 Å². The second-order valence-corrected chi connectivity index (χ2v) is 9.67. The minimum atomic E-state index is -1.58. The van der Waals surface area contributed by atoms with E-state index in [4.69, 9.17) is 9.47 Å². The summed E-state index contributed by atoms with van der Waals surface area (Å²) in [5, 5.41) is 22.4. The molecule has 2 aliphatic rings. The number of hydrogen-bond donors (Lipinski definition) is 3. The molecular weight excluding hydrogens is 424 g/mol. The van der Waals surface area contributed by atoms with Crippen LogP contribution in [0.25, 0.3) is 0 Å². The average Bonchev–Trinajstić information content (AvgIpc) is 2.77. The molecule has 0 aromatic heterocycles. The number of rotatable bonds is 10. The molecule has 0 atom stereocenters. The van der Waals surface area contributed by atoms with Crippen LogP contribution < -0.4 is 5.32 Å². The number of benzene rings is 1. The summed E-state index contributed by atoms with van der Waals surface area (Å²) in [6.07, 6.45) is 6.55. The Morgan fingerprint density at radius 3 is 2.33 bits per heavy atom. The summed E-state index contributed by atoms with van der Waals surface area (Å²) in [6.45, 7) is 7.49. The Kier molecular flexibility index (Phi) is 8.73. The van der Waals surface area contributed by atoms with Crippen LogP contribution in [-0.4, -0.2) is 78.1 Å². The number of hydrogen-bond acceptors (Lipinski definition) is 6. The van der Waals surface area contributed by atoms with Gasteiger partial charge in [-0.25, -0.2) is 0 Å². The summed E-state index contributed by atoms with van der Waals surface area (Å²) in [6, 6.07) is 5.42. The number of likely N-dealkylation sites (tertiary alicyclic amines) is 1. The number of aliphatic carboxylic acids is 2. The molecule has 1 aliphatic carbocycles. The molecule has 1 heterocycles. The third-order valence-electron chi connectivity index (χ3n) is 7.28. The van der Waals surface area contributed by atoms with Crippen molar-refractivity contribution in [3.8, 4) is 0 Å². The molecule has 8 nitrogen and oxygen atoms in total. The number of piperidine rings is 1. The van der Waals surface area contributed by atoms with Crippen molar-refractivity contribution in [1.82, 2.24) is 4.90 Å². The van der Waals surface area contributed by atoms with E-state index < -0.39 is 17.9 Å². The van der Waals surface area contributed by atoms with Crippen molar-refractivity contribution in [2.45, 2.75) is 76.0 Å². The SMILES string of the molecule is COCCOC1CCC(C)(N2CCC(Nc3cc(C)ccc3C(C(=O)O)C(=O)O)CC2)CC1. The molecule has 0 spiro atoms. The van der Waals surface area contributed by atoms with Crippen molar-refractivity contribution in [2.24, 2.45) is 0 Å². The zero-order valence-corrected chi connectivity index (χ0v) is 20.0. The van der Waals surface area contributed by atoms with E-state index in [-0.39, 0.29) is 11.6 Å². The van der Waals surface area contributed by atoms with E-state index in [0.29, 0.717) is 30.6 Å². The lowest BCUT2D eigenvalue weighted by Gasteiger charge is -2.48. The maximum absolute atomic E-state index is 11.6. The third kappa shape index (κ3) is 6.46. The van der Waals surface area contributed by atoms with E-state index in [1.165, 1.54) is 0 Å². The topological polar surface area (TPSA) is 108 Å². The van der Waals surface area contributed by atoms with Gasteiger partial charge in [0.15, 0.2) is 5.92 Å². The molecule has 0 bridgehead atoms. The first-order valence-corrected chi connectivity index (χ1v) is 11.9.